The van der Waals surface area contributed by atoms with Gasteiger partial charge in [0.1, 0.15) is 17.0 Å². The van der Waals surface area contributed by atoms with E-state index in [9.17, 15) is 14.4 Å². The van der Waals surface area contributed by atoms with E-state index in [1.54, 1.807) is 31.2 Å². The van der Waals surface area contributed by atoms with Crippen LogP contribution in [0.15, 0.2) is 65.1 Å². The summed E-state index contributed by atoms with van der Waals surface area (Å²) in [6.45, 7) is 6.63. The number of hydrogen-bond acceptors (Lipinski definition) is 6. The van der Waals surface area contributed by atoms with Gasteiger partial charge in [-0.15, -0.1) is 0 Å². The first-order valence-electron chi connectivity index (χ1n) is 13.3. The molecule has 0 saturated carbocycles. The lowest BCUT2D eigenvalue weighted by atomic mass is 10.1. The number of furan rings is 1. The Kier molecular flexibility index (Phi) is 7.47. The number of H-pyrrole nitrogens is 1. The summed E-state index contributed by atoms with van der Waals surface area (Å²) in [5.74, 6) is 0.756. The van der Waals surface area contributed by atoms with Gasteiger partial charge in [-0.1, -0.05) is 38.1 Å². The highest BCUT2D eigenvalue weighted by Crippen LogP contribution is 2.31. The molecule has 2 aliphatic heterocycles. The standard InChI is InChI=1S/C19H14N4O3.C10H11NO2.C2H6/c1-9-6-12(13-7-10-4-2-3-5-11(10)20-13)21-14-8-15(26-17(9)14)16-18(24)23-19(25)22-16;1-11-6-7-3-4-8(13-2)5-9(7)10(11)12;1-2/h2-8,16,20H,1H3,(H2,22,23,24,25);3-5H,6H2,1-2H3;1-2H3. The average molecular weight is 554 g/mol. The maximum atomic E-state index is 11.9. The van der Waals surface area contributed by atoms with Gasteiger partial charge in [-0.05, 0) is 48.4 Å². The van der Waals surface area contributed by atoms with Crippen molar-refractivity contribution < 1.29 is 23.5 Å². The first-order valence-corrected chi connectivity index (χ1v) is 13.3. The Bertz CT molecular complexity index is 1750. The maximum Gasteiger partial charge on any atom is 0.322 e. The summed E-state index contributed by atoms with van der Waals surface area (Å²) in [5.41, 5.74) is 6.73. The highest BCUT2D eigenvalue weighted by molar-refractivity contribution is 6.04. The number of methoxy groups -OCH3 is 1. The monoisotopic (exact) mass is 553 g/mol. The van der Waals surface area contributed by atoms with Gasteiger partial charge in [0, 0.05) is 36.1 Å². The number of fused-ring (bicyclic) bond motifs is 3. The molecule has 0 aliphatic carbocycles. The van der Waals surface area contributed by atoms with E-state index in [2.05, 4.69) is 26.7 Å². The number of pyridine rings is 1. The van der Waals surface area contributed by atoms with Crippen molar-refractivity contribution in [2.45, 2.75) is 33.4 Å². The number of aryl methyl sites for hydroxylation is 1. The number of hydrogen-bond donors (Lipinski definition) is 3. The highest BCUT2D eigenvalue weighted by atomic mass is 16.5. The third-order valence-electron chi connectivity index (χ3n) is 6.85. The molecule has 1 atom stereocenters. The fourth-order valence-electron chi connectivity index (χ4n) is 4.86. The topological polar surface area (TPSA) is 130 Å². The van der Waals surface area contributed by atoms with Crippen LogP contribution >= 0.6 is 0 Å². The van der Waals surface area contributed by atoms with Crippen molar-refractivity contribution >= 4 is 39.8 Å². The van der Waals surface area contributed by atoms with E-state index in [4.69, 9.17) is 9.15 Å². The van der Waals surface area contributed by atoms with Gasteiger partial charge in [0.25, 0.3) is 11.8 Å². The number of aromatic amines is 1. The zero-order chi connectivity index (χ0) is 29.3. The third-order valence-corrected chi connectivity index (χ3v) is 6.85. The van der Waals surface area contributed by atoms with Crippen molar-refractivity contribution in [3.63, 3.8) is 0 Å². The fraction of sp³-hybridized carbons (Fsp3) is 0.226. The number of ether oxygens (including phenoxy) is 1. The molecule has 41 heavy (non-hydrogen) atoms. The normalized spacial score (nSPS) is 15.6. The summed E-state index contributed by atoms with van der Waals surface area (Å²) in [7, 11) is 3.40. The number of nitrogens with one attached hydrogen (secondary N) is 3. The number of imide groups is 1. The first-order chi connectivity index (χ1) is 19.8. The van der Waals surface area contributed by atoms with E-state index in [0.717, 1.165) is 44.7 Å². The Labute approximate surface area is 236 Å². The van der Waals surface area contributed by atoms with E-state index in [0.29, 0.717) is 23.4 Å². The highest BCUT2D eigenvalue weighted by Gasteiger charge is 2.34. The van der Waals surface area contributed by atoms with Crippen molar-refractivity contribution in [1.82, 2.24) is 25.5 Å². The maximum absolute atomic E-state index is 11.9. The first kappa shape index (κ1) is 27.4. The van der Waals surface area contributed by atoms with Gasteiger partial charge in [0.05, 0.1) is 18.5 Å². The molecule has 0 bridgehead atoms. The summed E-state index contributed by atoms with van der Waals surface area (Å²) in [5, 5.41) is 5.85. The molecule has 1 saturated heterocycles. The van der Waals surface area contributed by atoms with Gasteiger partial charge < -0.3 is 24.4 Å². The number of urea groups is 1. The second-order valence-corrected chi connectivity index (χ2v) is 9.54. The molecule has 5 heterocycles. The second kappa shape index (κ2) is 11.2. The zero-order valence-electron chi connectivity index (χ0n) is 23.5. The molecule has 10 heteroatoms. The van der Waals surface area contributed by atoms with Crippen LogP contribution in [0, 0.1) is 6.92 Å². The Hall–Kier alpha value is -5.12. The predicted octanol–water partition coefficient (Wildman–Crippen LogP) is 5.47. The fourth-order valence-corrected chi connectivity index (χ4v) is 4.86. The zero-order valence-corrected chi connectivity index (χ0v) is 23.5. The molecule has 0 radical (unpaired) electrons. The molecule has 2 aliphatic rings. The molecule has 10 nitrogen and oxygen atoms in total. The minimum absolute atomic E-state index is 0.0777. The molecule has 3 aromatic heterocycles. The van der Waals surface area contributed by atoms with Crippen LogP contribution in [0.2, 0.25) is 0 Å². The summed E-state index contributed by atoms with van der Waals surface area (Å²) in [6, 6.07) is 18.0. The smallest absolute Gasteiger partial charge is 0.322 e. The van der Waals surface area contributed by atoms with Gasteiger partial charge in [-0.2, -0.15) is 0 Å². The molecule has 7 rings (SSSR count). The van der Waals surface area contributed by atoms with Crippen molar-refractivity contribution in [1.29, 1.82) is 0 Å². The lowest BCUT2D eigenvalue weighted by Crippen LogP contribution is -2.22. The second-order valence-electron chi connectivity index (χ2n) is 9.54. The Morgan fingerprint density at radius 3 is 2.51 bits per heavy atom. The molecule has 5 aromatic rings. The third kappa shape index (κ3) is 5.23. The number of nitrogens with zero attached hydrogens (tertiary/aromatic N) is 2. The number of benzene rings is 2. The van der Waals surface area contributed by atoms with E-state index in [1.807, 2.05) is 63.2 Å². The van der Waals surface area contributed by atoms with E-state index >= 15 is 0 Å². The van der Waals surface area contributed by atoms with Crippen LogP contribution in [0.25, 0.3) is 33.4 Å². The van der Waals surface area contributed by atoms with E-state index in [-0.39, 0.29) is 5.91 Å². The van der Waals surface area contributed by atoms with Gasteiger partial charge in [-0.3, -0.25) is 14.9 Å². The number of para-hydroxylation sites is 1. The number of carbonyl (C=O) groups excluding carboxylic acids is 3. The molecule has 1 unspecified atom stereocenters. The quantitative estimate of drug-likeness (QED) is 0.254. The lowest BCUT2D eigenvalue weighted by Gasteiger charge is -2.04. The van der Waals surface area contributed by atoms with Gasteiger partial charge >= 0.3 is 6.03 Å². The van der Waals surface area contributed by atoms with Crippen LogP contribution in [0.1, 0.15) is 47.1 Å². The molecule has 1 fully saturated rings. The molecule has 0 spiro atoms. The Morgan fingerprint density at radius 1 is 1.02 bits per heavy atom. The van der Waals surface area contributed by atoms with Crippen molar-refractivity contribution in [2.75, 3.05) is 14.2 Å². The van der Waals surface area contributed by atoms with Crippen LogP contribution in [0.4, 0.5) is 4.79 Å². The summed E-state index contributed by atoms with van der Waals surface area (Å²) >= 11 is 0. The summed E-state index contributed by atoms with van der Waals surface area (Å²) in [6.07, 6.45) is 0. The Morgan fingerprint density at radius 2 is 1.80 bits per heavy atom. The predicted molar refractivity (Wildman–Crippen MR) is 156 cm³/mol. The van der Waals surface area contributed by atoms with Crippen LogP contribution < -0.4 is 15.4 Å². The van der Waals surface area contributed by atoms with Crippen molar-refractivity contribution in [3.8, 4) is 17.1 Å². The number of aromatic nitrogens is 2. The number of rotatable bonds is 3. The van der Waals surface area contributed by atoms with Crippen LogP contribution in [0.3, 0.4) is 0 Å². The van der Waals surface area contributed by atoms with Gasteiger partial charge in [0.15, 0.2) is 11.6 Å². The minimum atomic E-state index is -0.826. The largest absolute Gasteiger partial charge is 0.497 e. The average Bonchev–Trinajstić information content (AvgIpc) is 3.74. The molecular weight excluding hydrogens is 522 g/mol. The van der Waals surface area contributed by atoms with Crippen molar-refractivity contribution in [3.05, 3.63) is 83.1 Å². The molecular formula is C31H31N5O5. The van der Waals surface area contributed by atoms with E-state index < -0.39 is 18.0 Å². The molecule has 4 amide bonds. The number of amides is 4. The van der Waals surface area contributed by atoms with Crippen molar-refractivity contribution in [2.24, 2.45) is 0 Å². The van der Waals surface area contributed by atoms with E-state index in [1.165, 1.54) is 0 Å². The van der Waals surface area contributed by atoms with Crippen LogP contribution in [-0.4, -0.2) is 46.9 Å². The van der Waals surface area contributed by atoms with Crippen LogP contribution in [-0.2, 0) is 11.3 Å². The number of carbonyl (C=O) groups is 3. The molecule has 3 N–H and O–H groups in total. The van der Waals surface area contributed by atoms with Gasteiger partial charge in [0.2, 0.25) is 0 Å². The van der Waals surface area contributed by atoms with Gasteiger partial charge in [-0.25, -0.2) is 9.78 Å². The summed E-state index contributed by atoms with van der Waals surface area (Å²) < 4.78 is 10.9. The lowest BCUT2D eigenvalue weighted by molar-refractivity contribution is -0.120. The Balaban J connectivity index is 0.000000189. The molecule has 2 aromatic carbocycles. The minimum Gasteiger partial charge on any atom is -0.497 e. The van der Waals surface area contributed by atoms with Crippen LogP contribution in [0.5, 0.6) is 5.75 Å². The summed E-state index contributed by atoms with van der Waals surface area (Å²) in [4.78, 5) is 44.5. The molecule has 210 valence electrons. The SMILES string of the molecule is CC.COc1ccc2c(c1)C(=O)N(C)C2.Cc1cc(-c2cc3ccccc3[nH]2)nc2cc(C3NC(=O)NC3=O)oc12.